The topological polar surface area (TPSA) is 28.7 Å². The van der Waals surface area contributed by atoms with Crippen molar-refractivity contribution in [2.75, 3.05) is 0 Å². The quantitative estimate of drug-likeness (QED) is 0.771. The van der Waals surface area contributed by atoms with Gasteiger partial charge in [-0.1, -0.05) is 42.3 Å². The summed E-state index contributed by atoms with van der Waals surface area (Å²) in [5.74, 6) is 0.888. The van der Waals surface area contributed by atoms with Crippen molar-refractivity contribution in [3.8, 4) is 11.3 Å². The van der Waals surface area contributed by atoms with E-state index in [0.29, 0.717) is 14.7 Å². The molecular formula is C14H14Cl2N2S. The van der Waals surface area contributed by atoms with Gasteiger partial charge in [-0.05, 0) is 31.5 Å². The van der Waals surface area contributed by atoms with E-state index in [1.165, 1.54) is 0 Å². The molecule has 0 saturated heterocycles. The van der Waals surface area contributed by atoms with E-state index in [4.69, 9.17) is 35.4 Å². The molecule has 0 aliphatic rings. The first-order valence-electron chi connectivity index (χ1n) is 6.08. The fourth-order valence-electron chi connectivity index (χ4n) is 1.90. The van der Waals surface area contributed by atoms with E-state index >= 15 is 0 Å². The van der Waals surface area contributed by atoms with E-state index in [-0.39, 0.29) is 0 Å². The largest absolute Gasteiger partial charge is 0.343 e. The number of H-pyrrole nitrogens is 1. The van der Waals surface area contributed by atoms with E-state index in [0.717, 1.165) is 35.5 Å². The van der Waals surface area contributed by atoms with Gasteiger partial charge >= 0.3 is 0 Å². The Balaban J connectivity index is 2.63. The van der Waals surface area contributed by atoms with Crippen LogP contribution in [0.5, 0.6) is 0 Å². The van der Waals surface area contributed by atoms with Crippen LogP contribution in [0, 0.1) is 11.6 Å². The zero-order valence-electron chi connectivity index (χ0n) is 10.8. The van der Waals surface area contributed by atoms with Crippen LogP contribution in [-0.2, 0) is 6.42 Å². The van der Waals surface area contributed by atoms with Crippen LogP contribution in [0.15, 0.2) is 18.2 Å². The first-order chi connectivity index (χ1) is 9.02. The zero-order valence-corrected chi connectivity index (χ0v) is 13.1. The highest BCUT2D eigenvalue weighted by Gasteiger charge is 2.10. The van der Waals surface area contributed by atoms with E-state index in [1.54, 1.807) is 6.07 Å². The SMILES string of the molecule is CCCc1nc(=S)c(C)c(-c2ccc(Cl)cc2Cl)[nH]1. The van der Waals surface area contributed by atoms with Crippen molar-refractivity contribution in [2.45, 2.75) is 26.7 Å². The number of halogens is 2. The third-order valence-corrected chi connectivity index (χ3v) is 3.83. The summed E-state index contributed by atoms with van der Waals surface area (Å²) in [5, 5.41) is 1.22. The lowest BCUT2D eigenvalue weighted by Crippen LogP contribution is -2.00. The predicted octanol–water partition coefficient (Wildman–Crippen LogP) is 5.37. The monoisotopic (exact) mass is 312 g/mol. The molecule has 0 fully saturated rings. The number of benzene rings is 1. The molecule has 0 spiro atoms. The van der Waals surface area contributed by atoms with E-state index in [2.05, 4.69) is 16.9 Å². The molecule has 100 valence electrons. The molecule has 1 aromatic carbocycles. The van der Waals surface area contributed by atoms with Crippen LogP contribution in [-0.4, -0.2) is 9.97 Å². The van der Waals surface area contributed by atoms with Crippen molar-refractivity contribution < 1.29 is 0 Å². The number of aryl methyl sites for hydroxylation is 1. The van der Waals surface area contributed by atoms with Crippen molar-refractivity contribution in [3.05, 3.63) is 44.3 Å². The first kappa shape index (κ1) is 14.5. The maximum absolute atomic E-state index is 6.26. The summed E-state index contributed by atoms with van der Waals surface area (Å²) in [6.45, 7) is 4.05. The first-order valence-corrected chi connectivity index (χ1v) is 7.24. The molecule has 0 amide bonds. The number of rotatable bonds is 3. The Labute approximate surface area is 127 Å². The lowest BCUT2D eigenvalue weighted by Gasteiger charge is -2.11. The molecule has 19 heavy (non-hydrogen) atoms. The third-order valence-electron chi connectivity index (χ3n) is 2.89. The van der Waals surface area contributed by atoms with E-state index < -0.39 is 0 Å². The number of nitrogens with one attached hydrogen (secondary N) is 1. The molecule has 0 atom stereocenters. The maximum Gasteiger partial charge on any atom is 0.133 e. The second-order valence-corrected chi connectivity index (χ2v) is 5.59. The molecule has 2 rings (SSSR count). The van der Waals surface area contributed by atoms with Gasteiger partial charge in [0.1, 0.15) is 10.5 Å². The van der Waals surface area contributed by atoms with Crippen molar-refractivity contribution in [2.24, 2.45) is 0 Å². The Morgan fingerprint density at radius 1 is 1.32 bits per heavy atom. The summed E-state index contributed by atoms with van der Waals surface area (Å²) < 4.78 is 0.614. The summed E-state index contributed by atoms with van der Waals surface area (Å²) >= 11 is 17.5. The Hall–Kier alpha value is -0.900. The van der Waals surface area contributed by atoms with E-state index in [1.807, 2.05) is 19.1 Å². The molecule has 0 saturated carbocycles. The molecule has 2 nitrogen and oxygen atoms in total. The fraction of sp³-hybridized carbons (Fsp3) is 0.286. The molecule has 0 unspecified atom stereocenters. The van der Waals surface area contributed by atoms with Gasteiger partial charge in [0.05, 0.1) is 10.7 Å². The molecule has 1 aromatic heterocycles. The van der Waals surface area contributed by atoms with Crippen LogP contribution in [0.3, 0.4) is 0 Å². The van der Waals surface area contributed by atoms with Gasteiger partial charge in [-0.3, -0.25) is 0 Å². The molecule has 0 aliphatic heterocycles. The van der Waals surface area contributed by atoms with Crippen LogP contribution in [0.4, 0.5) is 0 Å². The lowest BCUT2D eigenvalue weighted by atomic mass is 10.1. The normalized spacial score (nSPS) is 10.7. The molecule has 0 aliphatic carbocycles. The summed E-state index contributed by atoms with van der Waals surface area (Å²) in [4.78, 5) is 7.71. The summed E-state index contributed by atoms with van der Waals surface area (Å²) in [7, 11) is 0. The highest BCUT2D eigenvalue weighted by atomic mass is 35.5. The van der Waals surface area contributed by atoms with Crippen LogP contribution >= 0.6 is 35.4 Å². The van der Waals surface area contributed by atoms with Crippen molar-refractivity contribution in [1.82, 2.24) is 9.97 Å². The predicted molar refractivity (Wildman–Crippen MR) is 83.6 cm³/mol. The van der Waals surface area contributed by atoms with Gasteiger partial charge in [0.25, 0.3) is 0 Å². The van der Waals surface area contributed by atoms with Crippen LogP contribution in [0.2, 0.25) is 10.0 Å². The summed E-state index contributed by atoms with van der Waals surface area (Å²) in [6.07, 6.45) is 1.87. The molecule has 1 heterocycles. The van der Waals surface area contributed by atoms with Gasteiger partial charge in [0.2, 0.25) is 0 Å². The second kappa shape index (κ2) is 6.04. The molecule has 5 heteroatoms. The highest BCUT2D eigenvalue weighted by molar-refractivity contribution is 7.71. The van der Waals surface area contributed by atoms with Gasteiger partial charge in [-0.2, -0.15) is 0 Å². The zero-order chi connectivity index (χ0) is 14.0. The number of aromatic amines is 1. The molecule has 1 N–H and O–H groups in total. The number of aromatic nitrogens is 2. The summed E-state index contributed by atoms with van der Waals surface area (Å²) in [5.41, 5.74) is 2.75. The summed E-state index contributed by atoms with van der Waals surface area (Å²) in [6, 6.07) is 5.45. The minimum absolute atomic E-state index is 0.606. The van der Waals surface area contributed by atoms with Gasteiger partial charge in [-0.25, -0.2) is 4.98 Å². The average Bonchev–Trinajstić information content (AvgIpc) is 2.34. The molecule has 2 aromatic rings. The number of hydrogen-bond donors (Lipinski definition) is 1. The Morgan fingerprint density at radius 2 is 2.05 bits per heavy atom. The van der Waals surface area contributed by atoms with Crippen molar-refractivity contribution >= 4 is 35.4 Å². The van der Waals surface area contributed by atoms with Crippen LogP contribution < -0.4 is 0 Å². The van der Waals surface area contributed by atoms with Gasteiger partial charge < -0.3 is 4.98 Å². The van der Waals surface area contributed by atoms with Gasteiger partial charge in [-0.15, -0.1) is 0 Å². The number of nitrogens with zero attached hydrogens (tertiary/aromatic N) is 1. The Morgan fingerprint density at radius 3 is 2.68 bits per heavy atom. The second-order valence-electron chi connectivity index (χ2n) is 4.36. The van der Waals surface area contributed by atoms with Gasteiger partial charge in [0, 0.05) is 22.6 Å². The fourth-order valence-corrected chi connectivity index (χ4v) is 2.61. The minimum atomic E-state index is 0.606. The van der Waals surface area contributed by atoms with Crippen molar-refractivity contribution in [1.29, 1.82) is 0 Å². The van der Waals surface area contributed by atoms with Gasteiger partial charge in [0.15, 0.2) is 0 Å². The van der Waals surface area contributed by atoms with Crippen LogP contribution in [0.1, 0.15) is 24.7 Å². The Kier molecular flexibility index (Phi) is 4.61. The maximum atomic E-state index is 6.26. The minimum Gasteiger partial charge on any atom is -0.343 e. The molecule has 0 bridgehead atoms. The average molecular weight is 313 g/mol. The molecule has 0 radical (unpaired) electrons. The highest BCUT2D eigenvalue weighted by Crippen LogP contribution is 2.31. The smallest absolute Gasteiger partial charge is 0.133 e. The molecular weight excluding hydrogens is 299 g/mol. The standard InChI is InChI=1S/C14H14Cl2N2S/c1-3-4-12-17-13(8(2)14(19)18-12)10-6-5-9(15)7-11(10)16/h5-7H,3-4H2,1-2H3,(H,17,18,19). The Bertz CT molecular complexity index is 665. The van der Waals surface area contributed by atoms with Crippen molar-refractivity contribution in [3.63, 3.8) is 0 Å². The van der Waals surface area contributed by atoms with Crippen LogP contribution in [0.25, 0.3) is 11.3 Å². The number of hydrogen-bond acceptors (Lipinski definition) is 2. The lowest BCUT2D eigenvalue weighted by molar-refractivity contribution is 0.829. The van der Waals surface area contributed by atoms with E-state index in [9.17, 15) is 0 Å². The third kappa shape index (κ3) is 3.16.